The lowest BCUT2D eigenvalue weighted by molar-refractivity contribution is 0.329. The minimum atomic E-state index is -3.54. The molecule has 1 aromatic rings. The van der Waals surface area contributed by atoms with Crippen molar-refractivity contribution in [3.63, 3.8) is 0 Å². The van der Waals surface area contributed by atoms with Crippen LogP contribution >= 0.6 is 7.94 Å². The highest BCUT2D eigenvalue weighted by Gasteiger charge is 2.27. The Labute approximate surface area is 84.6 Å². The van der Waals surface area contributed by atoms with Crippen LogP contribution in [0.3, 0.4) is 0 Å². The molecule has 0 unspecified atom stereocenters. The molecule has 0 bridgehead atoms. The van der Waals surface area contributed by atoms with E-state index in [0.717, 1.165) is 12.8 Å². The molecule has 0 heterocycles. The molecule has 1 aromatic carbocycles. The summed E-state index contributed by atoms with van der Waals surface area (Å²) in [5, 5.41) is 0. The van der Waals surface area contributed by atoms with E-state index in [2.05, 4.69) is 0 Å². The molecule has 0 aliphatic heterocycles. The lowest BCUT2D eigenvalue weighted by atomic mass is 10.1. The van der Waals surface area contributed by atoms with Crippen LogP contribution in [-0.2, 0) is 6.42 Å². The second kappa shape index (κ2) is 5.42. The average Bonchev–Trinajstić information content (AvgIpc) is 2.13. The lowest BCUT2D eigenvalue weighted by Gasteiger charge is -2.03. The van der Waals surface area contributed by atoms with Crippen molar-refractivity contribution in [1.82, 2.24) is 0 Å². The molecule has 0 saturated heterocycles. The van der Waals surface area contributed by atoms with E-state index >= 15 is 0 Å². The Kier molecular flexibility index (Phi) is 4.49. The van der Waals surface area contributed by atoms with Gasteiger partial charge >= 0.3 is 7.94 Å². The summed E-state index contributed by atoms with van der Waals surface area (Å²) >= 11 is 0. The largest absolute Gasteiger partial charge is 0.403 e. The normalized spacial score (nSPS) is 11.6. The van der Waals surface area contributed by atoms with E-state index in [9.17, 15) is 0 Å². The quantitative estimate of drug-likeness (QED) is 0.518. The second-order valence-corrected chi connectivity index (χ2v) is 5.19. The van der Waals surface area contributed by atoms with Gasteiger partial charge in [-0.3, -0.25) is 0 Å². The van der Waals surface area contributed by atoms with Gasteiger partial charge in [0.1, 0.15) is 6.16 Å². The van der Waals surface area contributed by atoms with E-state index in [1.807, 2.05) is 30.3 Å². The SMILES string of the molecule is O[P+](O)(O)CCCCc1ccccc1. The summed E-state index contributed by atoms with van der Waals surface area (Å²) in [7, 11) is -3.54. The number of benzene rings is 1. The zero-order chi connectivity index (χ0) is 10.4. The molecular weight excluding hydrogens is 199 g/mol. The van der Waals surface area contributed by atoms with Crippen molar-refractivity contribution < 1.29 is 14.7 Å². The molecule has 3 N–H and O–H groups in total. The van der Waals surface area contributed by atoms with Gasteiger partial charge in [-0.05, 0) is 24.8 Å². The second-order valence-electron chi connectivity index (χ2n) is 3.36. The molecule has 0 aliphatic rings. The molecule has 0 amide bonds. The summed E-state index contributed by atoms with van der Waals surface area (Å²) in [5.41, 5.74) is 1.24. The maximum Gasteiger partial charge on any atom is 0.403 e. The maximum absolute atomic E-state index is 8.74. The summed E-state index contributed by atoms with van der Waals surface area (Å²) in [5.74, 6) is 0. The van der Waals surface area contributed by atoms with Crippen LogP contribution in [0.2, 0.25) is 0 Å². The highest BCUT2D eigenvalue weighted by molar-refractivity contribution is 7.58. The molecule has 0 fully saturated rings. The van der Waals surface area contributed by atoms with Crippen LogP contribution in [0.25, 0.3) is 0 Å². The molecule has 0 saturated carbocycles. The molecule has 78 valence electrons. The molecule has 1 rings (SSSR count). The van der Waals surface area contributed by atoms with Gasteiger partial charge in [0.25, 0.3) is 0 Å². The van der Waals surface area contributed by atoms with Gasteiger partial charge < -0.3 is 0 Å². The first-order chi connectivity index (χ1) is 6.58. The maximum atomic E-state index is 8.74. The van der Waals surface area contributed by atoms with Crippen molar-refractivity contribution >= 4 is 7.94 Å². The Hall–Kier alpha value is -0.470. The smallest absolute Gasteiger partial charge is 0.193 e. The van der Waals surface area contributed by atoms with Gasteiger partial charge in [-0.25, -0.2) is 0 Å². The van der Waals surface area contributed by atoms with Gasteiger partial charge in [-0.1, -0.05) is 30.3 Å². The summed E-state index contributed by atoms with van der Waals surface area (Å²) in [4.78, 5) is 26.2. The molecular formula is C10H16O3P+. The number of hydrogen-bond acceptors (Lipinski definition) is 3. The van der Waals surface area contributed by atoms with Gasteiger partial charge in [0.15, 0.2) is 0 Å². The van der Waals surface area contributed by atoms with E-state index in [1.54, 1.807) is 0 Å². The topological polar surface area (TPSA) is 60.7 Å². The third kappa shape index (κ3) is 5.30. The van der Waals surface area contributed by atoms with Crippen LogP contribution in [-0.4, -0.2) is 20.8 Å². The van der Waals surface area contributed by atoms with E-state index in [-0.39, 0.29) is 6.16 Å². The standard InChI is InChI=1S/C10H16O3P/c11-14(12,13)9-5-4-8-10-6-2-1-3-7-10/h1-3,6-7,11-13H,4-5,8-9H2/q+1. The fourth-order valence-corrected chi connectivity index (χ4v) is 1.95. The molecule has 0 radical (unpaired) electrons. The molecule has 0 atom stereocenters. The molecule has 4 heteroatoms. The van der Waals surface area contributed by atoms with Crippen molar-refractivity contribution in [1.29, 1.82) is 0 Å². The van der Waals surface area contributed by atoms with E-state index < -0.39 is 7.94 Å². The Morgan fingerprint density at radius 1 is 0.929 bits per heavy atom. The predicted molar refractivity (Wildman–Crippen MR) is 57.8 cm³/mol. The number of hydrogen-bond donors (Lipinski definition) is 3. The first kappa shape index (κ1) is 11.6. The van der Waals surface area contributed by atoms with E-state index in [0.29, 0.717) is 6.42 Å². The van der Waals surface area contributed by atoms with Gasteiger partial charge in [0.05, 0.1) is 0 Å². The number of rotatable bonds is 5. The molecule has 0 aliphatic carbocycles. The minimum absolute atomic E-state index is 0.111. The van der Waals surface area contributed by atoms with Crippen LogP contribution in [0.1, 0.15) is 18.4 Å². The fraction of sp³-hybridized carbons (Fsp3) is 0.400. The van der Waals surface area contributed by atoms with Crippen LogP contribution in [0.5, 0.6) is 0 Å². The van der Waals surface area contributed by atoms with Crippen molar-refractivity contribution in [2.24, 2.45) is 0 Å². The highest BCUT2D eigenvalue weighted by Crippen LogP contribution is 2.45. The Balaban J connectivity index is 2.17. The first-order valence-electron chi connectivity index (χ1n) is 4.68. The first-order valence-corrected chi connectivity index (χ1v) is 6.51. The number of aryl methyl sites for hydroxylation is 1. The third-order valence-electron chi connectivity index (χ3n) is 2.02. The van der Waals surface area contributed by atoms with Crippen LogP contribution in [0.15, 0.2) is 30.3 Å². The Morgan fingerprint density at radius 3 is 2.14 bits per heavy atom. The van der Waals surface area contributed by atoms with Gasteiger partial charge in [-0.15, -0.1) is 0 Å². The molecule has 0 spiro atoms. The van der Waals surface area contributed by atoms with Crippen molar-refractivity contribution in [2.45, 2.75) is 19.3 Å². The van der Waals surface area contributed by atoms with Crippen LogP contribution < -0.4 is 0 Å². The van der Waals surface area contributed by atoms with Gasteiger partial charge in [0.2, 0.25) is 0 Å². The zero-order valence-corrected chi connectivity index (χ0v) is 8.90. The number of unbranched alkanes of at least 4 members (excludes halogenated alkanes) is 1. The Bertz CT molecular complexity index is 256. The molecule has 3 nitrogen and oxygen atoms in total. The average molecular weight is 215 g/mol. The van der Waals surface area contributed by atoms with Crippen LogP contribution in [0, 0.1) is 0 Å². The predicted octanol–water partition coefficient (Wildman–Crippen LogP) is 1.75. The van der Waals surface area contributed by atoms with Crippen LogP contribution in [0.4, 0.5) is 0 Å². The summed E-state index contributed by atoms with van der Waals surface area (Å²) in [6, 6.07) is 10.0. The van der Waals surface area contributed by atoms with Gasteiger partial charge in [-0.2, -0.15) is 14.7 Å². The summed E-state index contributed by atoms with van der Waals surface area (Å²) < 4.78 is 0. The van der Waals surface area contributed by atoms with E-state index in [4.69, 9.17) is 14.7 Å². The van der Waals surface area contributed by atoms with Crippen molar-refractivity contribution in [2.75, 3.05) is 6.16 Å². The lowest BCUT2D eigenvalue weighted by Crippen LogP contribution is -1.96. The zero-order valence-electron chi connectivity index (χ0n) is 8.00. The fourth-order valence-electron chi connectivity index (χ4n) is 1.30. The molecule has 0 aromatic heterocycles. The molecule has 14 heavy (non-hydrogen) atoms. The third-order valence-corrected chi connectivity index (χ3v) is 2.93. The van der Waals surface area contributed by atoms with Crippen molar-refractivity contribution in [3.05, 3.63) is 35.9 Å². The summed E-state index contributed by atoms with van der Waals surface area (Å²) in [6.07, 6.45) is 2.54. The van der Waals surface area contributed by atoms with E-state index in [1.165, 1.54) is 5.56 Å². The minimum Gasteiger partial charge on any atom is -0.193 e. The van der Waals surface area contributed by atoms with Crippen molar-refractivity contribution in [3.8, 4) is 0 Å². The Morgan fingerprint density at radius 2 is 1.57 bits per heavy atom. The monoisotopic (exact) mass is 215 g/mol. The highest BCUT2D eigenvalue weighted by atomic mass is 31.2. The van der Waals surface area contributed by atoms with Gasteiger partial charge in [0, 0.05) is 0 Å². The summed E-state index contributed by atoms with van der Waals surface area (Å²) in [6.45, 7) is 0.